The first-order chi connectivity index (χ1) is 13.6. The summed E-state index contributed by atoms with van der Waals surface area (Å²) in [6, 6.07) is 17.0. The summed E-state index contributed by atoms with van der Waals surface area (Å²) in [5, 5.41) is 31.5. The van der Waals surface area contributed by atoms with Crippen molar-refractivity contribution in [1.29, 1.82) is 0 Å². The summed E-state index contributed by atoms with van der Waals surface area (Å²) in [6.45, 7) is 0. The molecule has 4 rings (SSSR count). The Morgan fingerprint density at radius 2 is 1.75 bits per heavy atom. The van der Waals surface area contributed by atoms with Crippen LogP contribution in [0.5, 0.6) is 5.75 Å². The number of benzene rings is 3. The van der Waals surface area contributed by atoms with Crippen LogP contribution >= 0.6 is 0 Å². The van der Waals surface area contributed by atoms with Gasteiger partial charge in [0.1, 0.15) is 5.75 Å². The van der Waals surface area contributed by atoms with Crippen LogP contribution in [0.1, 0.15) is 5.56 Å². The third-order valence-corrected chi connectivity index (χ3v) is 4.04. The Morgan fingerprint density at radius 3 is 2.57 bits per heavy atom. The van der Waals surface area contributed by atoms with Gasteiger partial charge < -0.3 is 10.4 Å². The number of anilines is 2. The predicted molar refractivity (Wildman–Crippen MR) is 104 cm³/mol. The minimum Gasteiger partial charge on any atom is -0.507 e. The van der Waals surface area contributed by atoms with Crippen LogP contribution in [0.3, 0.4) is 0 Å². The van der Waals surface area contributed by atoms with E-state index >= 15 is 0 Å². The van der Waals surface area contributed by atoms with Crippen LogP contribution in [0, 0.1) is 10.1 Å². The molecular formula is C19H13N5O4. The molecule has 2 N–H and O–H groups in total. The molecule has 0 radical (unpaired) electrons. The normalized spacial score (nSPS) is 11.1. The number of aromatic hydroxyl groups is 1. The highest BCUT2D eigenvalue weighted by Gasteiger charge is 2.20. The van der Waals surface area contributed by atoms with Crippen molar-refractivity contribution in [2.24, 2.45) is 4.99 Å². The van der Waals surface area contributed by atoms with E-state index in [0.717, 1.165) is 0 Å². The predicted octanol–water partition coefficient (Wildman–Crippen LogP) is 4.33. The number of rotatable bonds is 5. The first-order valence-electron chi connectivity index (χ1n) is 8.21. The molecule has 9 nitrogen and oxygen atoms in total. The van der Waals surface area contributed by atoms with Crippen molar-refractivity contribution in [1.82, 2.24) is 10.3 Å². The fourth-order valence-electron chi connectivity index (χ4n) is 2.67. The van der Waals surface area contributed by atoms with Crippen molar-refractivity contribution in [3.8, 4) is 5.75 Å². The number of aliphatic imine (C=N–C) groups is 1. The molecule has 0 saturated carbocycles. The second-order valence-corrected chi connectivity index (χ2v) is 5.81. The lowest BCUT2D eigenvalue weighted by atomic mass is 10.2. The topological polar surface area (TPSA) is 127 Å². The number of hydrogen-bond acceptors (Lipinski definition) is 8. The van der Waals surface area contributed by atoms with Crippen molar-refractivity contribution in [3.63, 3.8) is 0 Å². The monoisotopic (exact) mass is 375 g/mol. The lowest BCUT2D eigenvalue weighted by Crippen LogP contribution is -1.95. The highest BCUT2D eigenvalue weighted by Crippen LogP contribution is 2.33. The molecule has 3 aromatic carbocycles. The van der Waals surface area contributed by atoms with Crippen LogP contribution in [-0.4, -0.2) is 26.6 Å². The lowest BCUT2D eigenvalue weighted by Gasteiger charge is -2.09. The number of nitrogens with zero attached hydrogens (tertiary/aromatic N) is 4. The van der Waals surface area contributed by atoms with E-state index in [0.29, 0.717) is 22.6 Å². The van der Waals surface area contributed by atoms with Crippen molar-refractivity contribution in [2.75, 3.05) is 5.32 Å². The van der Waals surface area contributed by atoms with Gasteiger partial charge in [-0.05, 0) is 40.6 Å². The van der Waals surface area contributed by atoms with Gasteiger partial charge in [0.25, 0.3) is 0 Å². The van der Waals surface area contributed by atoms with E-state index in [1.54, 1.807) is 42.6 Å². The number of non-ortho nitro benzene ring substituents is 1. The number of aromatic nitrogens is 2. The van der Waals surface area contributed by atoms with Gasteiger partial charge in [0, 0.05) is 17.8 Å². The van der Waals surface area contributed by atoms with Gasteiger partial charge in [-0.15, -0.1) is 0 Å². The van der Waals surface area contributed by atoms with E-state index in [2.05, 4.69) is 25.3 Å². The Kier molecular flexibility index (Phi) is 4.38. The van der Waals surface area contributed by atoms with Crippen molar-refractivity contribution < 1.29 is 14.7 Å². The number of hydrogen-bond donors (Lipinski definition) is 2. The molecule has 1 heterocycles. The quantitative estimate of drug-likeness (QED) is 0.302. The first-order valence-corrected chi connectivity index (χ1v) is 8.21. The molecule has 0 aliphatic rings. The Hall–Kier alpha value is -4.27. The smallest absolute Gasteiger partial charge is 0.300 e. The van der Waals surface area contributed by atoms with Gasteiger partial charge in [-0.1, -0.05) is 24.3 Å². The van der Waals surface area contributed by atoms with Gasteiger partial charge >= 0.3 is 5.69 Å². The summed E-state index contributed by atoms with van der Waals surface area (Å²) in [4.78, 5) is 15.0. The lowest BCUT2D eigenvalue weighted by molar-refractivity contribution is -0.383. The van der Waals surface area contributed by atoms with Crippen LogP contribution in [0.2, 0.25) is 0 Å². The van der Waals surface area contributed by atoms with Crippen LogP contribution in [0.4, 0.5) is 22.7 Å². The minimum absolute atomic E-state index is 0.0604. The molecule has 0 spiro atoms. The second-order valence-electron chi connectivity index (χ2n) is 5.81. The summed E-state index contributed by atoms with van der Waals surface area (Å²) >= 11 is 0. The molecule has 4 aromatic rings. The third kappa shape index (κ3) is 3.23. The summed E-state index contributed by atoms with van der Waals surface area (Å²) in [6.07, 6.45) is 1.55. The van der Waals surface area contributed by atoms with E-state index in [4.69, 9.17) is 0 Å². The van der Waals surface area contributed by atoms with Gasteiger partial charge in [0.2, 0.25) is 5.52 Å². The molecule has 0 aliphatic heterocycles. The van der Waals surface area contributed by atoms with Crippen LogP contribution < -0.4 is 5.32 Å². The molecule has 0 amide bonds. The molecule has 0 unspecified atom stereocenters. The average Bonchev–Trinajstić information content (AvgIpc) is 3.18. The molecular weight excluding hydrogens is 362 g/mol. The fourth-order valence-corrected chi connectivity index (χ4v) is 2.67. The zero-order valence-corrected chi connectivity index (χ0v) is 14.3. The summed E-state index contributed by atoms with van der Waals surface area (Å²) < 4.78 is 4.68. The Morgan fingerprint density at radius 1 is 1.00 bits per heavy atom. The molecule has 1 aromatic heterocycles. The zero-order chi connectivity index (χ0) is 19.5. The summed E-state index contributed by atoms with van der Waals surface area (Å²) in [5.41, 5.74) is 2.44. The number of nitro groups is 1. The number of phenols is 1. The van der Waals surface area contributed by atoms with Crippen molar-refractivity contribution in [3.05, 3.63) is 76.3 Å². The number of para-hydroxylation sites is 3. The molecule has 0 bridgehead atoms. The van der Waals surface area contributed by atoms with Crippen molar-refractivity contribution >= 4 is 40.0 Å². The van der Waals surface area contributed by atoms with E-state index in [-0.39, 0.29) is 22.5 Å². The SMILES string of the molecule is O=[N+]([O-])c1ccc(Nc2ccccc2N=Cc2ccccc2O)c2nonc12. The van der Waals surface area contributed by atoms with E-state index in [1.807, 2.05) is 12.1 Å². The standard InChI is InChI=1S/C19H13N5O4/c25-17-8-4-1-5-12(17)11-20-13-6-2-3-7-14(13)21-15-9-10-16(24(26)27)19-18(15)22-28-23-19/h1-11,21,25H. The molecule has 28 heavy (non-hydrogen) atoms. The minimum atomic E-state index is -0.541. The Labute approximate surface area is 158 Å². The second kappa shape index (κ2) is 7.16. The number of nitro benzene ring substituents is 1. The Balaban J connectivity index is 1.70. The third-order valence-electron chi connectivity index (χ3n) is 4.04. The van der Waals surface area contributed by atoms with Gasteiger partial charge in [-0.3, -0.25) is 15.1 Å². The van der Waals surface area contributed by atoms with E-state index < -0.39 is 4.92 Å². The maximum absolute atomic E-state index is 11.1. The van der Waals surface area contributed by atoms with Crippen LogP contribution in [-0.2, 0) is 0 Å². The summed E-state index contributed by atoms with van der Waals surface area (Å²) in [7, 11) is 0. The van der Waals surface area contributed by atoms with E-state index in [9.17, 15) is 15.2 Å². The molecule has 0 aliphatic carbocycles. The van der Waals surface area contributed by atoms with Gasteiger partial charge in [0.15, 0.2) is 5.52 Å². The van der Waals surface area contributed by atoms with Gasteiger partial charge in [0.05, 0.1) is 22.0 Å². The summed E-state index contributed by atoms with van der Waals surface area (Å²) in [5.74, 6) is 0.127. The van der Waals surface area contributed by atoms with Crippen LogP contribution in [0.25, 0.3) is 11.0 Å². The number of nitrogens with one attached hydrogen (secondary N) is 1. The van der Waals surface area contributed by atoms with Crippen LogP contribution in [0.15, 0.2) is 70.3 Å². The molecule has 9 heteroatoms. The number of fused-ring (bicyclic) bond motifs is 1. The molecule has 0 atom stereocenters. The first kappa shape index (κ1) is 17.2. The van der Waals surface area contributed by atoms with E-state index in [1.165, 1.54) is 12.1 Å². The average molecular weight is 375 g/mol. The largest absolute Gasteiger partial charge is 0.507 e. The fraction of sp³-hybridized carbons (Fsp3) is 0. The molecule has 0 fully saturated rings. The molecule has 138 valence electrons. The maximum atomic E-state index is 11.1. The molecule has 0 saturated heterocycles. The maximum Gasteiger partial charge on any atom is 0.300 e. The highest BCUT2D eigenvalue weighted by molar-refractivity contribution is 5.96. The Bertz CT molecular complexity index is 1200. The number of phenolic OH excluding ortho intramolecular Hbond substituents is 1. The van der Waals surface area contributed by atoms with Gasteiger partial charge in [-0.2, -0.15) is 0 Å². The zero-order valence-electron chi connectivity index (χ0n) is 14.3. The highest BCUT2D eigenvalue weighted by atomic mass is 16.6. The van der Waals surface area contributed by atoms with Gasteiger partial charge in [-0.25, -0.2) is 4.63 Å². The van der Waals surface area contributed by atoms with Crippen molar-refractivity contribution in [2.45, 2.75) is 0 Å².